The lowest BCUT2D eigenvalue weighted by Gasteiger charge is -2.16. The van der Waals surface area contributed by atoms with Crippen LogP contribution in [0, 0.1) is 0 Å². The SMILES string of the molecule is CC(NC(=O)CSc1nnc(CCC(N)=O)n1CC1CCCO1)c1ccccc1Cl. The normalized spacial score (nSPS) is 17.1. The molecule has 8 nitrogen and oxygen atoms in total. The lowest BCUT2D eigenvalue weighted by Crippen LogP contribution is -2.28. The Bertz CT molecular complexity index is 885. The first-order valence-electron chi connectivity index (χ1n) is 9.92. The van der Waals surface area contributed by atoms with Crippen LogP contribution in [0.3, 0.4) is 0 Å². The van der Waals surface area contributed by atoms with Gasteiger partial charge in [0.25, 0.3) is 0 Å². The number of hydrogen-bond donors (Lipinski definition) is 2. The summed E-state index contributed by atoms with van der Waals surface area (Å²) in [6.07, 6.45) is 2.68. The van der Waals surface area contributed by atoms with Crippen molar-refractivity contribution in [1.29, 1.82) is 0 Å². The Morgan fingerprint density at radius 3 is 2.90 bits per heavy atom. The molecule has 0 aliphatic carbocycles. The molecule has 1 aliphatic heterocycles. The zero-order valence-corrected chi connectivity index (χ0v) is 18.4. The second-order valence-electron chi connectivity index (χ2n) is 7.21. The van der Waals surface area contributed by atoms with Gasteiger partial charge in [0, 0.05) is 24.5 Å². The molecule has 0 saturated carbocycles. The number of halogens is 1. The number of aryl methyl sites for hydroxylation is 1. The third-order valence-corrected chi connectivity index (χ3v) is 6.19. The summed E-state index contributed by atoms with van der Waals surface area (Å²) in [5.74, 6) is 0.354. The summed E-state index contributed by atoms with van der Waals surface area (Å²) in [5.41, 5.74) is 6.14. The number of benzene rings is 1. The monoisotopic (exact) mass is 451 g/mol. The second kappa shape index (κ2) is 10.8. The maximum absolute atomic E-state index is 12.5. The third kappa shape index (κ3) is 6.20. The van der Waals surface area contributed by atoms with Crippen LogP contribution in [-0.2, 0) is 27.3 Å². The minimum atomic E-state index is -0.385. The molecule has 2 amide bonds. The number of nitrogens with two attached hydrogens (primary N) is 1. The van der Waals surface area contributed by atoms with E-state index >= 15 is 0 Å². The van der Waals surface area contributed by atoms with Gasteiger partial charge in [-0.25, -0.2) is 0 Å². The van der Waals surface area contributed by atoms with Crippen molar-refractivity contribution in [2.75, 3.05) is 12.4 Å². The Morgan fingerprint density at radius 1 is 1.40 bits per heavy atom. The molecule has 2 heterocycles. The fraction of sp³-hybridized carbons (Fsp3) is 0.500. The maximum Gasteiger partial charge on any atom is 0.230 e. The number of hydrogen-bond acceptors (Lipinski definition) is 6. The van der Waals surface area contributed by atoms with Crippen LogP contribution in [0.2, 0.25) is 5.02 Å². The smallest absolute Gasteiger partial charge is 0.230 e. The van der Waals surface area contributed by atoms with E-state index in [2.05, 4.69) is 15.5 Å². The molecule has 1 aromatic heterocycles. The summed E-state index contributed by atoms with van der Waals surface area (Å²) in [6, 6.07) is 7.23. The Kier molecular flexibility index (Phi) is 8.12. The Labute approximate surface area is 184 Å². The number of nitrogens with zero attached hydrogens (tertiary/aromatic N) is 3. The van der Waals surface area contributed by atoms with Crippen LogP contribution in [0.25, 0.3) is 0 Å². The zero-order chi connectivity index (χ0) is 21.5. The first-order chi connectivity index (χ1) is 14.4. The molecule has 0 bridgehead atoms. The molecule has 2 unspecified atom stereocenters. The van der Waals surface area contributed by atoms with E-state index in [1.165, 1.54) is 11.8 Å². The van der Waals surface area contributed by atoms with Crippen LogP contribution in [0.1, 0.15) is 43.6 Å². The van der Waals surface area contributed by atoms with Crippen molar-refractivity contribution in [3.63, 3.8) is 0 Å². The number of aromatic nitrogens is 3. The van der Waals surface area contributed by atoms with Crippen LogP contribution in [-0.4, -0.2) is 45.0 Å². The largest absolute Gasteiger partial charge is 0.376 e. The highest BCUT2D eigenvalue weighted by molar-refractivity contribution is 7.99. The number of primary amides is 1. The molecule has 1 aromatic carbocycles. The number of carbonyl (C=O) groups excluding carboxylic acids is 2. The minimum Gasteiger partial charge on any atom is -0.376 e. The van der Waals surface area contributed by atoms with Crippen molar-refractivity contribution < 1.29 is 14.3 Å². The van der Waals surface area contributed by atoms with Crippen LogP contribution < -0.4 is 11.1 Å². The molecule has 1 aliphatic rings. The highest BCUT2D eigenvalue weighted by Gasteiger charge is 2.22. The molecular formula is C20H26ClN5O3S. The van der Waals surface area contributed by atoms with E-state index in [4.69, 9.17) is 22.1 Å². The number of nitrogens with one attached hydrogen (secondary N) is 1. The van der Waals surface area contributed by atoms with Crippen LogP contribution >= 0.6 is 23.4 Å². The molecular weight excluding hydrogens is 426 g/mol. The molecule has 162 valence electrons. The molecule has 1 fully saturated rings. The van der Waals surface area contributed by atoms with Gasteiger partial charge in [-0.3, -0.25) is 9.59 Å². The molecule has 10 heteroatoms. The standard InChI is InChI=1S/C20H26ClN5O3S/c1-13(15-6-2-3-7-16(15)21)23-19(28)12-30-20-25-24-18(9-8-17(22)27)26(20)11-14-5-4-10-29-14/h2-3,6-7,13-14H,4-5,8-12H2,1H3,(H2,22,27)(H,23,28). The summed E-state index contributed by atoms with van der Waals surface area (Å²) in [7, 11) is 0. The van der Waals surface area contributed by atoms with Gasteiger partial charge in [0.15, 0.2) is 5.16 Å². The fourth-order valence-electron chi connectivity index (χ4n) is 3.34. The Balaban J connectivity index is 1.62. The maximum atomic E-state index is 12.5. The summed E-state index contributed by atoms with van der Waals surface area (Å²) in [4.78, 5) is 23.6. The summed E-state index contributed by atoms with van der Waals surface area (Å²) >= 11 is 7.52. The van der Waals surface area contributed by atoms with E-state index in [1.807, 2.05) is 29.7 Å². The van der Waals surface area contributed by atoms with Crippen LogP contribution in [0.4, 0.5) is 0 Å². The Hall–Kier alpha value is -2.10. The predicted molar refractivity (Wildman–Crippen MR) is 115 cm³/mol. The van der Waals surface area contributed by atoms with Crippen LogP contribution in [0.15, 0.2) is 29.4 Å². The van der Waals surface area contributed by atoms with Gasteiger partial charge in [0.2, 0.25) is 11.8 Å². The van der Waals surface area contributed by atoms with Crippen molar-refractivity contribution in [2.45, 2.75) is 56.5 Å². The average Bonchev–Trinajstić information content (AvgIpc) is 3.35. The van der Waals surface area contributed by atoms with Gasteiger partial charge in [-0.1, -0.05) is 41.6 Å². The number of thioether (sulfide) groups is 1. The highest BCUT2D eigenvalue weighted by atomic mass is 35.5. The molecule has 2 atom stereocenters. The first-order valence-corrected chi connectivity index (χ1v) is 11.3. The van der Waals surface area contributed by atoms with Crippen molar-refractivity contribution in [3.05, 3.63) is 40.7 Å². The summed E-state index contributed by atoms with van der Waals surface area (Å²) in [5, 5.41) is 12.6. The van der Waals surface area contributed by atoms with E-state index in [9.17, 15) is 9.59 Å². The van der Waals surface area contributed by atoms with Gasteiger partial charge in [0.1, 0.15) is 5.82 Å². The predicted octanol–water partition coefficient (Wildman–Crippen LogP) is 2.50. The van der Waals surface area contributed by atoms with E-state index < -0.39 is 0 Å². The third-order valence-electron chi connectivity index (χ3n) is 4.88. The number of ether oxygens (including phenoxy) is 1. The van der Waals surface area contributed by atoms with Crippen molar-refractivity contribution in [2.24, 2.45) is 5.73 Å². The molecule has 30 heavy (non-hydrogen) atoms. The highest BCUT2D eigenvalue weighted by Crippen LogP contribution is 2.24. The quantitative estimate of drug-likeness (QED) is 0.537. The van der Waals surface area contributed by atoms with Crippen LogP contribution in [0.5, 0.6) is 0 Å². The van der Waals surface area contributed by atoms with E-state index in [0.29, 0.717) is 29.0 Å². The molecule has 2 aromatic rings. The van der Waals surface area contributed by atoms with Gasteiger partial charge < -0.3 is 20.4 Å². The van der Waals surface area contributed by atoms with E-state index in [0.717, 1.165) is 25.0 Å². The van der Waals surface area contributed by atoms with Crippen molar-refractivity contribution in [3.8, 4) is 0 Å². The molecule has 3 N–H and O–H groups in total. The van der Waals surface area contributed by atoms with E-state index in [-0.39, 0.29) is 36.1 Å². The summed E-state index contributed by atoms with van der Waals surface area (Å²) < 4.78 is 7.67. The molecule has 1 saturated heterocycles. The van der Waals surface area contributed by atoms with Gasteiger partial charge in [-0.15, -0.1) is 10.2 Å². The molecule has 3 rings (SSSR count). The lowest BCUT2D eigenvalue weighted by molar-refractivity contribution is -0.119. The number of amides is 2. The van der Waals surface area contributed by atoms with Gasteiger partial charge in [-0.2, -0.15) is 0 Å². The fourth-order valence-corrected chi connectivity index (χ4v) is 4.42. The Morgan fingerprint density at radius 2 is 2.20 bits per heavy atom. The number of carbonyl (C=O) groups is 2. The lowest BCUT2D eigenvalue weighted by atomic mass is 10.1. The molecule has 0 radical (unpaired) electrons. The summed E-state index contributed by atoms with van der Waals surface area (Å²) in [6.45, 7) is 3.24. The number of rotatable bonds is 10. The first kappa shape index (κ1) is 22.6. The average molecular weight is 452 g/mol. The zero-order valence-electron chi connectivity index (χ0n) is 16.8. The molecule has 0 spiro atoms. The van der Waals surface area contributed by atoms with Gasteiger partial charge in [0.05, 0.1) is 24.4 Å². The van der Waals surface area contributed by atoms with E-state index in [1.54, 1.807) is 6.07 Å². The second-order valence-corrected chi connectivity index (χ2v) is 8.56. The topological polar surface area (TPSA) is 112 Å². The van der Waals surface area contributed by atoms with Crippen molar-refractivity contribution >= 4 is 35.2 Å². The minimum absolute atomic E-state index is 0.0850. The van der Waals surface area contributed by atoms with Gasteiger partial charge in [-0.05, 0) is 31.4 Å². The van der Waals surface area contributed by atoms with Gasteiger partial charge >= 0.3 is 0 Å². The van der Waals surface area contributed by atoms with Crippen molar-refractivity contribution in [1.82, 2.24) is 20.1 Å².